The Labute approximate surface area is 228 Å². The summed E-state index contributed by atoms with van der Waals surface area (Å²) in [5.74, 6) is -0.280. The van der Waals surface area contributed by atoms with Crippen molar-refractivity contribution in [2.45, 2.75) is 58.9 Å². The van der Waals surface area contributed by atoms with E-state index in [0.717, 1.165) is 59.2 Å². The van der Waals surface area contributed by atoms with E-state index < -0.39 is 0 Å². The Morgan fingerprint density at radius 2 is 1.76 bits per heavy atom. The second kappa shape index (κ2) is 11.4. The third-order valence-electron chi connectivity index (χ3n) is 7.15. The van der Waals surface area contributed by atoms with E-state index >= 15 is 0 Å². The molecule has 0 bridgehead atoms. The molecule has 1 aliphatic carbocycles. The maximum Gasteiger partial charge on any atom is 0.338 e. The van der Waals surface area contributed by atoms with Crippen LogP contribution in [0.5, 0.6) is 0 Å². The van der Waals surface area contributed by atoms with Gasteiger partial charge in [-0.25, -0.2) is 9.79 Å². The topological polar surface area (TPSA) is 63.9 Å². The van der Waals surface area contributed by atoms with Crippen molar-refractivity contribution in [1.29, 1.82) is 0 Å². The highest BCUT2D eigenvalue weighted by Crippen LogP contribution is 2.39. The first-order valence-electron chi connectivity index (χ1n) is 13.3. The number of rotatable bonds is 6. The predicted molar refractivity (Wildman–Crippen MR) is 154 cm³/mol. The molecule has 0 radical (unpaired) electrons. The van der Waals surface area contributed by atoms with E-state index in [4.69, 9.17) is 9.73 Å². The summed E-state index contributed by atoms with van der Waals surface area (Å²) in [6.45, 7) is 6.25. The zero-order valence-corrected chi connectivity index (χ0v) is 23.0. The highest BCUT2D eigenvalue weighted by molar-refractivity contribution is 8.18. The van der Waals surface area contributed by atoms with E-state index in [0.29, 0.717) is 17.1 Å². The number of aliphatic imine (C=N–C) groups is 1. The number of benzene rings is 2. The van der Waals surface area contributed by atoms with E-state index in [2.05, 4.69) is 24.5 Å². The summed E-state index contributed by atoms with van der Waals surface area (Å²) in [6.07, 6.45) is 7.56. The number of para-hydroxylation sites is 1. The van der Waals surface area contributed by atoms with Gasteiger partial charge >= 0.3 is 5.97 Å². The Kier molecular flexibility index (Phi) is 7.84. The fraction of sp³-hybridized carbons (Fsp3) is 0.323. The summed E-state index contributed by atoms with van der Waals surface area (Å²) >= 11 is 1.47. The number of carbonyl (C=O) groups excluding carboxylic acids is 2. The maximum absolute atomic E-state index is 13.7. The molecule has 1 aliphatic heterocycles. The van der Waals surface area contributed by atoms with Crippen LogP contribution in [0.25, 0.3) is 11.8 Å². The fourth-order valence-corrected chi connectivity index (χ4v) is 6.32. The Balaban J connectivity index is 1.47. The van der Waals surface area contributed by atoms with Gasteiger partial charge in [-0.3, -0.25) is 9.69 Å². The summed E-state index contributed by atoms with van der Waals surface area (Å²) < 4.78 is 7.25. The highest BCUT2D eigenvalue weighted by Gasteiger charge is 2.38. The lowest BCUT2D eigenvalue weighted by molar-refractivity contribution is -0.124. The van der Waals surface area contributed by atoms with E-state index in [9.17, 15) is 9.59 Å². The van der Waals surface area contributed by atoms with Gasteiger partial charge in [-0.1, -0.05) is 37.5 Å². The zero-order valence-electron chi connectivity index (χ0n) is 22.1. The molecule has 38 heavy (non-hydrogen) atoms. The van der Waals surface area contributed by atoms with Crippen LogP contribution < -0.4 is 0 Å². The molecule has 6 nitrogen and oxygen atoms in total. The molecule has 7 heteroatoms. The molecule has 1 aromatic heterocycles. The third kappa shape index (κ3) is 5.34. The lowest BCUT2D eigenvalue weighted by atomic mass is 9.94. The molecule has 0 atom stereocenters. The van der Waals surface area contributed by atoms with E-state index in [1.807, 2.05) is 53.4 Å². The number of amides is 1. The van der Waals surface area contributed by atoms with Gasteiger partial charge in [0.15, 0.2) is 5.17 Å². The third-order valence-corrected chi connectivity index (χ3v) is 8.13. The number of nitrogens with zero attached hydrogens (tertiary/aromatic N) is 3. The smallest absolute Gasteiger partial charge is 0.338 e. The number of aromatic nitrogens is 1. The van der Waals surface area contributed by atoms with Crippen LogP contribution in [-0.4, -0.2) is 39.2 Å². The SMILES string of the molecule is CCOC(=O)c1ccc(-n2c(C)cc(C=C3SC(=Nc4ccccc4)N(C4CCCCC4)C3=O)c2C)cc1. The van der Waals surface area contributed by atoms with Gasteiger partial charge in [-0.15, -0.1) is 0 Å². The van der Waals surface area contributed by atoms with Crippen molar-refractivity contribution in [2.24, 2.45) is 4.99 Å². The fourth-order valence-electron chi connectivity index (χ4n) is 5.27. The molecule has 196 valence electrons. The van der Waals surface area contributed by atoms with Gasteiger partial charge in [0.1, 0.15) is 0 Å². The second-order valence-electron chi connectivity index (χ2n) is 9.74. The Hall–Kier alpha value is -3.58. The molecule has 2 heterocycles. The van der Waals surface area contributed by atoms with Crippen molar-refractivity contribution in [3.63, 3.8) is 0 Å². The van der Waals surface area contributed by atoms with Crippen LogP contribution in [0.15, 0.2) is 70.6 Å². The molecule has 0 spiro atoms. The van der Waals surface area contributed by atoms with Crippen molar-refractivity contribution in [3.05, 3.63) is 88.1 Å². The lowest BCUT2D eigenvalue weighted by Gasteiger charge is -2.30. The minimum absolute atomic E-state index is 0.0418. The number of hydrogen-bond donors (Lipinski definition) is 0. The first-order valence-corrected chi connectivity index (χ1v) is 14.1. The van der Waals surface area contributed by atoms with Crippen LogP contribution in [0.1, 0.15) is 66.3 Å². The number of ether oxygens (including phenoxy) is 1. The average molecular weight is 528 g/mol. The largest absolute Gasteiger partial charge is 0.462 e. The highest BCUT2D eigenvalue weighted by atomic mass is 32.2. The van der Waals surface area contributed by atoms with Crippen LogP contribution in [0.4, 0.5) is 5.69 Å². The Morgan fingerprint density at radius 3 is 2.45 bits per heavy atom. The van der Waals surface area contributed by atoms with Crippen molar-refractivity contribution < 1.29 is 14.3 Å². The minimum Gasteiger partial charge on any atom is -0.462 e. The molecule has 2 aromatic carbocycles. The molecule has 2 fully saturated rings. The lowest BCUT2D eigenvalue weighted by Crippen LogP contribution is -2.40. The number of aryl methyl sites for hydroxylation is 1. The van der Waals surface area contributed by atoms with Gasteiger partial charge in [0, 0.05) is 23.1 Å². The maximum atomic E-state index is 13.7. The van der Waals surface area contributed by atoms with Gasteiger partial charge < -0.3 is 9.30 Å². The molecular weight excluding hydrogens is 494 g/mol. The van der Waals surface area contributed by atoms with E-state index in [1.165, 1.54) is 18.2 Å². The van der Waals surface area contributed by atoms with Gasteiger partial charge in [-0.2, -0.15) is 0 Å². The Bertz CT molecular complexity index is 1380. The number of amidine groups is 1. The van der Waals surface area contributed by atoms with E-state index in [-0.39, 0.29) is 17.9 Å². The summed E-state index contributed by atoms with van der Waals surface area (Å²) in [4.78, 5) is 33.3. The molecule has 5 rings (SSSR count). The number of carbonyl (C=O) groups is 2. The van der Waals surface area contributed by atoms with Crippen LogP contribution in [0.2, 0.25) is 0 Å². The van der Waals surface area contributed by atoms with E-state index in [1.54, 1.807) is 19.1 Å². The quantitative estimate of drug-likeness (QED) is 0.251. The summed E-state index contributed by atoms with van der Waals surface area (Å²) in [6, 6.07) is 19.6. The number of esters is 1. The average Bonchev–Trinajstić information content (AvgIpc) is 3.39. The standard InChI is InChI=1S/C31H33N3O3S/c1-4-37-30(36)23-15-17-27(18-16-23)33-21(2)19-24(22(33)3)20-28-29(35)34(26-13-9-6-10-14-26)31(38-28)32-25-11-7-5-8-12-25/h5,7-8,11-12,15-20,26H,4,6,9-10,13-14H2,1-3H3. The minimum atomic E-state index is -0.322. The van der Waals surface area contributed by atoms with Crippen LogP contribution in [0, 0.1) is 13.8 Å². The zero-order chi connectivity index (χ0) is 26.6. The predicted octanol–water partition coefficient (Wildman–Crippen LogP) is 7.21. The molecule has 1 saturated carbocycles. The molecule has 2 aliphatic rings. The van der Waals surface area contributed by atoms with Gasteiger partial charge in [0.2, 0.25) is 0 Å². The molecule has 1 amide bonds. The first-order chi connectivity index (χ1) is 18.5. The molecular formula is C31H33N3O3S. The normalized spacial score (nSPS) is 18.5. The van der Waals surface area contributed by atoms with Crippen LogP contribution in [0.3, 0.4) is 0 Å². The molecule has 0 N–H and O–H groups in total. The number of hydrogen-bond acceptors (Lipinski definition) is 5. The Morgan fingerprint density at radius 1 is 1.05 bits per heavy atom. The van der Waals surface area contributed by atoms with Gasteiger partial charge in [0.25, 0.3) is 5.91 Å². The van der Waals surface area contributed by atoms with Crippen molar-refractivity contribution >= 4 is 40.6 Å². The van der Waals surface area contributed by atoms with Gasteiger partial charge in [0.05, 0.1) is 22.8 Å². The first kappa shape index (κ1) is 26.0. The van der Waals surface area contributed by atoms with Crippen molar-refractivity contribution in [2.75, 3.05) is 6.61 Å². The van der Waals surface area contributed by atoms with Gasteiger partial charge in [-0.05, 0) is 99.5 Å². The molecule has 1 saturated heterocycles. The number of thioether (sulfide) groups is 1. The summed E-state index contributed by atoms with van der Waals surface area (Å²) in [5.41, 5.74) is 5.42. The van der Waals surface area contributed by atoms with Crippen molar-refractivity contribution in [3.8, 4) is 5.69 Å². The summed E-state index contributed by atoms with van der Waals surface area (Å²) in [5, 5.41) is 0.766. The monoisotopic (exact) mass is 527 g/mol. The van der Waals surface area contributed by atoms with Crippen molar-refractivity contribution in [1.82, 2.24) is 9.47 Å². The summed E-state index contributed by atoms with van der Waals surface area (Å²) in [7, 11) is 0. The molecule has 0 unspecified atom stereocenters. The molecule has 3 aromatic rings. The second-order valence-corrected chi connectivity index (χ2v) is 10.7. The van der Waals surface area contributed by atoms with Crippen LogP contribution >= 0.6 is 11.8 Å². The van der Waals surface area contributed by atoms with Crippen LogP contribution in [-0.2, 0) is 9.53 Å².